The quantitative estimate of drug-likeness (QED) is 0.768. The van der Waals surface area contributed by atoms with Crippen LogP contribution in [0.1, 0.15) is 39.5 Å². The van der Waals surface area contributed by atoms with E-state index in [1.165, 1.54) is 0 Å². The predicted molar refractivity (Wildman–Crippen MR) is 73.1 cm³/mol. The summed E-state index contributed by atoms with van der Waals surface area (Å²) in [5.41, 5.74) is 5.43. The van der Waals surface area contributed by atoms with Gasteiger partial charge in [0.1, 0.15) is 17.8 Å². The first kappa shape index (κ1) is 14.4. The van der Waals surface area contributed by atoms with Crippen LogP contribution >= 0.6 is 0 Å². The van der Waals surface area contributed by atoms with Gasteiger partial charge in [0.2, 0.25) is 0 Å². The summed E-state index contributed by atoms with van der Waals surface area (Å²) >= 11 is 0. The zero-order valence-corrected chi connectivity index (χ0v) is 12.6. The highest BCUT2D eigenvalue weighted by atomic mass is 16.6. The first-order valence-electron chi connectivity index (χ1n) is 7.59. The van der Waals surface area contributed by atoms with Crippen molar-refractivity contribution >= 4 is 5.78 Å². The maximum Gasteiger partial charge on any atom is 0.162 e. The monoisotopic (exact) mass is 283 g/mol. The SMILES string of the molecule is CO[C@@H]1C(=O)CC[C@]2(CO2)[C@H]1[C@@]1(N)O[C@@H]1CCC(C)C. The molecule has 0 aromatic carbocycles. The fourth-order valence-corrected chi connectivity index (χ4v) is 3.68. The van der Waals surface area contributed by atoms with E-state index in [0.29, 0.717) is 18.9 Å². The van der Waals surface area contributed by atoms with Crippen molar-refractivity contribution in [2.75, 3.05) is 13.7 Å². The summed E-state index contributed by atoms with van der Waals surface area (Å²) < 4.78 is 16.9. The van der Waals surface area contributed by atoms with Gasteiger partial charge >= 0.3 is 0 Å². The average Bonchev–Trinajstić information content (AvgIpc) is 3.29. The Bertz CT molecular complexity index is 407. The lowest BCUT2D eigenvalue weighted by Gasteiger charge is -2.37. The number of epoxide rings is 2. The molecule has 0 radical (unpaired) electrons. The third-order valence-corrected chi connectivity index (χ3v) is 5.04. The van der Waals surface area contributed by atoms with Crippen molar-refractivity contribution in [2.24, 2.45) is 17.6 Å². The van der Waals surface area contributed by atoms with E-state index < -0.39 is 11.8 Å². The fraction of sp³-hybridized carbons (Fsp3) is 0.933. The lowest BCUT2D eigenvalue weighted by atomic mass is 9.71. The molecule has 2 heterocycles. The van der Waals surface area contributed by atoms with E-state index in [4.69, 9.17) is 19.9 Å². The molecule has 0 unspecified atom stereocenters. The van der Waals surface area contributed by atoms with Gasteiger partial charge in [-0.3, -0.25) is 4.79 Å². The Morgan fingerprint density at radius 1 is 1.50 bits per heavy atom. The highest BCUT2D eigenvalue weighted by Gasteiger charge is 2.72. The molecule has 5 heteroatoms. The zero-order valence-electron chi connectivity index (χ0n) is 12.6. The molecule has 3 aliphatic rings. The largest absolute Gasteiger partial charge is 0.373 e. The number of carbonyl (C=O) groups excluding carboxylic acids is 1. The molecule has 1 saturated carbocycles. The summed E-state index contributed by atoms with van der Waals surface area (Å²) in [6, 6.07) is 0. The third-order valence-electron chi connectivity index (χ3n) is 5.04. The number of Topliss-reactive ketones (excluding diaryl/α,β-unsaturated/α-hetero) is 1. The Balaban J connectivity index is 1.75. The lowest BCUT2D eigenvalue weighted by molar-refractivity contribution is -0.142. The molecule has 2 saturated heterocycles. The van der Waals surface area contributed by atoms with Crippen LogP contribution in [0.15, 0.2) is 0 Å². The molecule has 3 fully saturated rings. The Morgan fingerprint density at radius 2 is 2.20 bits per heavy atom. The molecule has 5 nitrogen and oxygen atoms in total. The zero-order chi connectivity index (χ0) is 14.5. The van der Waals surface area contributed by atoms with Crippen molar-refractivity contribution in [3.8, 4) is 0 Å². The summed E-state index contributed by atoms with van der Waals surface area (Å²) in [6.07, 6.45) is 2.82. The van der Waals surface area contributed by atoms with Crippen LogP contribution in [-0.4, -0.2) is 43.0 Å². The van der Waals surface area contributed by atoms with Gasteiger partial charge in [0.05, 0.1) is 12.5 Å². The van der Waals surface area contributed by atoms with Crippen LogP contribution in [-0.2, 0) is 19.0 Å². The third kappa shape index (κ3) is 2.21. The number of hydrogen-bond donors (Lipinski definition) is 1. The number of methoxy groups -OCH3 is 1. The van der Waals surface area contributed by atoms with Crippen LogP contribution in [0.3, 0.4) is 0 Å². The van der Waals surface area contributed by atoms with Crippen LogP contribution in [0.2, 0.25) is 0 Å². The van der Waals surface area contributed by atoms with Crippen LogP contribution < -0.4 is 5.73 Å². The van der Waals surface area contributed by atoms with Gasteiger partial charge in [0.15, 0.2) is 11.5 Å². The lowest BCUT2D eigenvalue weighted by Crippen LogP contribution is -2.57. The van der Waals surface area contributed by atoms with E-state index in [2.05, 4.69) is 13.8 Å². The minimum Gasteiger partial charge on any atom is -0.373 e. The van der Waals surface area contributed by atoms with E-state index in [0.717, 1.165) is 19.3 Å². The van der Waals surface area contributed by atoms with Crippen molar-refractivity contribution in [2.45, 2.75) is 63.1 Å². The average molecular weight is 283 g/mol. The molecule has 2 aliphatic heterocycles. The Kier molecular flexibility index (Phi) is 3.44. The van der Waals surface area contributed by atoms with Gasteiger partial charge in [-0.25, -0.2) is 0 Å². The summed E-state index contributed by atoms with van der Waals surface area (Å²) in [4.78, 5) is 12.1. The number of ketones is 1. The molecule has 0 aromatic heterocycles. The van der Waals surface area contributed by atoms with Gasteiger partial charge in [0, 0.05) is 13.5 Å². The summed E-state index contributed by atoms with van der Waals surface area (Å²) in [7, 11) is 1.58. The van der Waals surface area contributed by atoms with Crippen molar-refractivity contribution in [1.82, 2.24) is 0 Å². The minimum atomic E-state index is -0.748. The normalized spacial score (nSPS) is 47.0. The van der Waals surface area contributed by atoms with Crippen molar-refractivity contribution in [3.63, 3.8) is 0 Å². The highest BCUT2D eigenvalue weighted by Crippen LogP contribution is 2.56. The summed E-state index contributed by atoms with van der Waals surface area (Å²) in [5, 5.41) is 0. The molecule has 1 spiro atoms. The Hall–Kier alpha value is -0.490. The molecule has 20 heavy (non-hydrogen) atoms. The first-order valence-corrected chi connectivity index (χ1v) is 7.59. The van der Waals surface area contributed by atoms with Crippen LogP contribution in [0.5, 0.6) is 0 Å². The van der Waals surface area contributed by atoms with Crippen molar-refractivity contribution in [1.29, 1.82) is 0 Å². The van der Waals surface area contributed by atoms with Crippen molar-refractivity contribution in [3.05, 3.63) is 0 Å². The van der Waals surface area contributed by atoms with Crippen LogP contribution in [0, 0.1) is 11.8 Å². The minimum absolute atomic E-state index is 0.0273. The fourth-order valence-electron chi connectivity index (χ4n) is 3.68. The summed E-state index contributed by atoms with van der Waals surface area (Å²) in [5.74, 6) is 0.584. The second-order valence-electron chi connectivity index (χ2n) is 6.88. The number of rotatable bonds is 5. The molecule has 5 atom stereocenters. The second-order valence-corrected chi connectivity index (χ2v) is 6.88. The van der Waals surface area contributed by atoms with Crippen LogP contribution in [0.4, 0.5) is 0 Å². The van der Waals surface area contributed by atoms with Gasteiger partial charge in [-0.05, 0) is 25.2 Å². The standard InChI is InChI=1S/C15H25NO4/c1-9(2)4-5-11-15(16,20-11)13-12(18-3)10(17)6-7-14(13)8-19-14/h9,11-13H,4-8,16H2,1-3H3/t11-,12-,13+,14+,15+/m1/s1. The van der Waals surface area contributed by atoms with Gasteiger partial charge < -0.3 is 19.9 Å². The molecule has 3 rings (SSSR count). The van der Waals surface area contributed by atoms with E-state index in [1.807, 2.05) is 0 Å². The smallest absolute Gasteiger partial charge is 0.162 e. The number of nitrogens with two attached hydrogens (primary N) is 1. The van der Waals surface area contributed by atoms with E-state index >= 15 is 0 Å². The van der Waals surface area contributed by atoms with E-state index in [1.54, 1.807) is 7.11 Å². The molecule has 0 bridgehead atoms. The van der Waals surface area contributed by atoms with E-state index in [-0.39, 0.29) is 23.4 Å². The first-order chi connectivity index (χ1) is 9.43. The Morgan fingerprint density at radius 3 is 2.75 bits per heavy atom. The van der Waals surface area contributed by atoms with Crippen LogP contribution in [0.25, 0.3) is 0 Å². The molecule has 0 amide bonds. The second kappa shape index (κ2) is 4.77. The van der Waals surface area contributed by atoms with Gasteiger partial charge in [-0.1, -0.05) is 13.8 Å². The number of carbonyl (C=O) groups is 1. The molecule has 2 N–H and O–H groups in total. The van der Waals surface area contributed by atoms with Gasteiger partial charge in [-0.15, -0.1) is 0 Å². The van der Waals surface area contributed by atoms with Gasteiger partial charge in [0.25, 0.3) is 0 Å². The molecule has 0 aromatic rings. The molecular weight excluding hydrogens is 258 g/mol. The van der Waals surface area contributed by atoms with E-state index in [9.17, 15) is 4.79 Å². The maximum atomic E-state index is 12.1. The van der Waals surface area contributed by atoms with Gasteiger partial charge in [-0.2, -0.15) is 0 Å². The highest BCUT2D eigenvalue weighted by molar-refractivity contribution is 5.85. The maximum absolute atomic E-state index is 12.1. The number of ether oxygens (including phenoxy) is 3. The Labute approximate surface area is 120 Å². The predicted octanol–water partition coefficient (Wildman–Crippen LogP) is 1.24. The topological polar surface area (TPSA) is 77.4 Å². The number of hydrogen-bond acceptors (Lipinski definition) is 5. The summed E-state index contributed by atoms with van der Waals surface area (Å²) in [6.45, 7) is 5.05. The van der Waals surface area contributed by atoms with Crippen molar-refractivity contribution < 1.29 is 19.0 Å². The molecule has 114 valence electrons. The molecule has 1 aliphatic carbocycles. The molecular formula is C15H25NO4.